The van der Waals surface area contributed by atoms with Crippen molar-refractivity contribution in [3.8, 4) is 0 Å². The SMILES string of the molecule is CN1CCN(CCS(=O)(=O)c2cccc(F)c2)CC1. The van der Waals surface area contributed by atoms with E-state index in [0.717, 1.165) is 32.2 Å². The molecule has 6 heteroatoms. The number of sulfone groups is 1. The Bertz CT molecular complexity index is 525. The molecule has 106 valence electrons. The number of benzene rings is 1. The lowest BCUT2D eigenvalue weighted by molar-refractivity contribution is 0.161. The smallest absolute Gasteiger partial charge is 0.179 e. The number of hydrogen-bond donors (Lipinski definition) is 0. The van der Waals surface area contributed by atoms with Gasteiger partial charge in [-0.25, -0.2) is 12.8 Å². The van der Waals surface area contributed by atoms with Gasteiger partial charge in [0.2, 0.25) is 0 Å². The van der Waals surface area contributed by atoms with E-state index in [4.69, 9.17) is 0 Å². The van der Waals surface area contributed by atoms with Crippen molar-refractivity contribution in [2.24, 2.45) is 0 Å². The average molecular weight is 286 g/mol. The third-order valence-corrected chi connectivity index (χ3v) is 5.12. The summed E-state index contributed by atoms with van der Waals surface area (Å²) < 4.78 is 37.2. The largest absolute Gasteiger partial charge is 0.304 e. The Hall–Kier alpha value is -0.980. The van der Waals surface area contributed by atoms with E-state index in [1.165, 1.54) is 18.2 Å². The van der Waals surface area contributed by atoms with Gasteiger partial charge in [-0.15, -0.1) is 0 Å². The zero-order valence-electron chi connectivity index (χ0n) is 11.0. The van der Waals surface area contributed by atoms with Crippen LogP contribution in [0.5, 0.6) is 0 Å². The second-order valence-corrected chi connectivity index (χ2v) is 7.03. The van der Waals surface area contributed by atoms with E-state index in [2.05, 4.69) is 16.8 Å². The summed E-state index contributed by atoms with van der Waals surface area (Å²) in [6.07, 6.45) is 0. The van der Waals surface area contributed by atoms with E-state index in [1.807, 2.05) is 0 Å². The molecule has 0 aliphatic carbocycles. The number of rotatable bonds is 4. The third kappa shape index (κ3) is 3.99. The maximum atomic E-state index is 13.1. The molecule has 1 aliphatic rings. The van der Waals surface area contributed by atoms with Gasteiger partial charge in [-0.1, -0.05) is 6.07 Å². The molecule has 0 amide bonds. The molecule has 0 unspecified atom stereocenters. The van der Waals surface area contributed by atoms with Gasteiger partial charge in [0.25, 0.3) is 0 Å². The van der Waals surface area contributed by atoms with Gasteiger partial charge >= 0.3 is 0 Å². The minimum absolute atomic E-state index is 0.0418. The normalized spacial score (nSPS) is 18.6. The van der Waals surface area contributed by atoms with Gasteiger partial charge in [0, 0.05) is 32.7 Å². The van der Waals surface area contributed by atoms with Crippen molar-refractivity contribution in [1.82, 2.24) is 9.80 Å². The van der Waals surface area contributed by atoms with E-state index >= 15 is 0 Å². The first-order valence-corrected chi connectivity index (χ1v) is 8.02. The van der Waals surface area contributed by atoms with Crippen molar-refractivity contribution >= 4 is 9.84 Å². The van der Waals surface area contributed by atoms with Crippen LogP contribution in [-0.2, 0) is 9.84 Å². The fraction of sp³-hybridized carbons (Fsp3) is 0.538. The Morgan fingerprint density at radius 3 is 2.53 bits per heavy atom. The highest BCUT2D eigenvalue weighted by molar-refractivity contribution is 7.91. The maximum absolute atomic E-state index is 13.1. The molecule has 0 aromatic heterocycles. The second-order valence-electron chi connectivity index (χ2n) is 4.92. The van der Waals surface area contributed by atoms with E-state index in [1.54, 1.807) is 0 Å². The molecule has 0 atom stereocenters. The number of nitrogens with zero attached hydrogens (tertiary/aromatic N) is 2. The fourth-order valence-electron chi connectivity index (χ4n) is 2.10. The number of halogens is 1. The standard InChI is InChI=1S/C13H19FN2O2S/c1-15-5-7-16(8-6-15)9-10-19(17,18)13-4-2-3-12(14)11-13/h2-4,11H,5-10H2,1H3. The third-order valence-electron chi connectivity index (χ3n) is 3.43. The predicted octanol–water partition coefficient (Wildman–Crippen LogP) is 0.847. The zero-order valence-corrected chi connectivity index (χ0v) is 11.9. The molecule has 2 rings (SSSR count). The highest BCUT2D eigenvalue weighted by Gasteiger charge is 2.19. The van der Waals surface area contributed by atoms with Crippen molar-refractivity contribution < 1.29 is 12.8 Å². The molecule has 1 aromatic rings. The van der Waals surface area contributed by atoms with Crippen LogP contribution in [-0.4, -0.2) is 63.7 Å². The van der Waals surface area contributed by atoms with Gasteiger partial charge in [0.1, 0.15) is 5.82 Å². The average Bonchev–Trinajstić information content (AvgIpc) is 2.38. The minimum Gasteiger partial charge on any atom is -0.304 e. The Balaban J connectivity index is 1.95. The highest BCUT2D eigenvalue weighted by Crippen LogP contribution is 2.13. The number of likely N-dealkylation sites (N-methyl/N-ethyl adjacent to an activating group) is 1. The van der Waals surface area contributed by atoms with Crippen LogP contribution in [0.4, 0.5) is 4.39 Å². The topological polar surface area (TPSA) is 40.6 Å². The van der Waals surface area contributed by atoms with Gasteiger partial charge in [0.05, 0.1) is 10.6 Å². The van der Waals surface area contributed by atoms with Crippen LogP contribution in [0.2, 0.25) is 0 Å². The summed E-state index contributed by atoms with van der Waals surface area (Å²) in [7, 11) is -1.33. The van der Waals surface area contributed by atoms with Gasteiger partial charge in [-0.3, -0.25) is 4.90 Å². The highest BCUT2D eigenvalue weighted by atomic mass is 32.2. The molecule has 19 heavy (non-hydrogen) atoms. The summed E-state index contributed by atoms with van der Waals surface area (Å²) >= 11 is 0. The molecular weight excluding hydrogens is 267 g/mol. The molecule has 1 fully saturated rings. The second kappa shape index (κ2) is 5.98. The van der Waals surface area contributed by atoms with Crippen LogP contribution >= 0.6 is 0 Å². The molecule has 1 aliphatic heterocycles. The molecule has 1 aromatic carbocycles. The van der Waals surface area contributed by atoms with Crippen LogP contribution in [0.15, 0.2) is 29.2 Å². The first-order chi connectivity index (χ1) is 8.97. The summed E-state index contributed by atoms with van der Waals surface area (Å²) in [5, 5.41) is 0. The minimum atomic E-state index is -3.39. The predicted molar refractivity (Wildman–Crippen MR) is 72.4 cm³/mol. The van der Waals surface area contributed by atoms with Gasteiger partial charge in [0.15, 0.2) is 9.84 Å². The summed E-state index contributed by atoms with van der Waals surface area (Å²) in [6.45, 7) is 4.19. The van der Waals surface area contributed by atoms with Gasteiger partial charge in [-0.2, -0.15) is 0 Å². The lowest BCUT2D eigenvalue weighted by atomic mass is 10.3. The van der Waals surface area contributed by atoms with Crippen LogP contribution in [0.3, 0.4) is 0 Å². The molecular formula is C13H19FN2O2S. The van der Waals surface area contributed by atoms with Crippen LogP contribution < -0.4 is 0 Å². The maximum Gasteiger partial charge on any atom is 0.179 e. The van der Waals surface area contributed by atoms with E-state index < -0.39 is 15.7 Å². The summed E-state index contributed by atoms with van der Waals surface area (Å²) in [5.74, 6) is -0.471. The Labute approximate surface area is 113 Å². The lowest BCUT2D eigenvalue weighted by Gasteiger charge is -2.32. The van der Waals surface area contributed by atoms with Crippen molar-refractivity contribution in [2.45, 2.75) is 4.90 Å². The molecule has 0 radical (unpaired) electrons. The van der Waals surface area contributed by atoms with E-state index in [-0.39, 0.29) is 10.6 Å². The van der Waals surface area contributed by atoms with Gasteiger partial charge < -0.3 is 4.90 Å². The fourth-order valence-corrected chi connectivity index (χ4v) is 3.41. The van der Waals surface area contributed by atoms with Crippen molar-refractivity contribution in [3.63, 3.8) is 0 Å². The Kier molecular flexibility index (Phi) is 4.54. The van der Waals surface area contributed by atoms with Crippen LogP contribution in [0.1, 0.15) is 0 Å². The zero-order chi connectivity index (χ0) is 13.9. The molecule has 0 bridgehead atoms. The molecule has 0 N–H and O–H groups in total. The molecule has 0 spiro atoms. The number of piperazine rings is 1. The monoisotopic (exact) mass is 286 g/mol. The molecule has 0 saturated carbocycles. The first kappa shape index (κ1) is 14.4. The lowest BCUT2D eigenvalue weighted by Crippen LogP contribution is -2.45. The van der Waals surface area contributed by atoms with E-state index in [9.17, 15) is 12.8 Å². The Morgan fingerprint density at radius 2 is 1.89 bits per heavy atom. The van der Waals surface area contributed by atoms with Crippen LogP contribution in [0.25, 0.3) is 0 Å². The summed E-state index contributed by atoms with van der Waals surface area (Å²) in [4.78, 5) is 4.43. The van der Waals surface area contributed by atoms with Crippen molar-refractivity contribution in [2.75, 3.05) is 45.5 Å². The van der Waals surface area contributed by atoms with Crippen LogP contribution in [0, 0.1) is 5.82 Å². The molecule has 4 nitrogen and oxygen atoms in total. The summed E-state index contributed by atoms with van der Waals surface area (Å²) in [6, 6.07) is 5.21. The van der Waals surface area contributed by atoms with Crippen molar-refractivity contribution in [3.05, 3.63) is 30.1 Å². The molecule has 1 heterocycles. The summed E-state index contributed by atoms with van der Waals surface area (Å²) in [5.41, 5.74) is 0. The van der Waals surface area contributed by atoms with E-state index in [0.29, 0.717) is 6.54 Å². The van der Waals surface area contributed by atoms with Gasteiger partial charge in [-0.05, 0) is 25.2 Å². The first-order valence-electron chi connectivity index (χ1n) is 6.36. The Morgan fingerprint density at radius 1 is 1.21 bits per heavy atom. The number of hydrogen-bond acceptors (Lipinski definition) is 4. The van der Waals surface area contributed by atoms with Crippen molar-refractivity contribution in [1.29, 1.82) is 0 Å². The quantitative estimate of drug-likeness (QED) is 0.823. The molecule has 1 saturated heterocycles.